The molecule has 0 radical (unpaired) electrons. The molecule has 0 aliphatic carbocycles. The molecule has 1 fully saturated rings. The first-order chi connectivity index (χ1) is 8.63. The molecule has 0 N–H and O–H groups in total. The molecule has 102 valence electrons. The first kappa shape index (κ1) is 15.2. The fourth-order valence-electron chi connectivity index (χ4n) is 2.54. The summed E-state index contributed by atoms with van der Waals surface area (Å²) < 4.78 is 11.4. The number of nitrogens with zero attached hydrogens (tertiary/aromatic N) is 1. The zero-order valence-electron chi connectivity index (χ0n) is 11.7. The van der Waals surface area contributed by atoms with E-state index in [0.717, 1.165) is 25.7 Å². The minimum Gasteiger partial charge on any atom is -0.353 e. The minimum absolute atomic E-state index is 0.0573. The number of unbranched alkanes of at least 4 members (excludes halogenated alkanes) is 3. The van der Waals surface area contributed by atoms with Crippen LogP contribution in [0.4, 0.5) is 0 Å². The molecule has 3 heteroatoms. The van der Waals surface area contributed by atoms with Gasteiger partial charge in [-0.3, -0.25) is 0 Å². The van der Waals surface area contributed by atoms with Gasteiger partial charge in [-0.15, -0.1) is 6.58 Å². The third-order valence-electron chi connectivity index (χ3n) is 3.63. The van der Waals surface area contributed by atoms with Gasteiger partial charge in [0, 0.05) is 13.5 Å². The summed E-state index contributed by atoms with van der Waals surface area (Å²) in [6, 6.07) is 2.36. The van der Waals surface area contributed by atoms with Crippen LogP contribution in [0.1, 0.15) is 51.9 Å². The largest absolute Gasteiger partial charge is 0.353 e. The van der Waals surface area contributed by atoms with E-state index < -0.39 is 5.79 Å². The van der Waals surface area contributed by atoms with Crippen LogP contribution in [-0.4, -0.2) is 19.0 Å². The van der Waals surface area contributed by atoms with E-state index in [1.54, 1.807) is 7.11 Å². The lowest BCUT2D eigenvalue weighted by atomic mass is 9.89. The summed E-state index contributed by atoms with van der Waals surface area (Å²) >= 11 is 0. The highest BCUT2D eigenvalue weighted by Crippen LogP contribution is 2.34. The van der Waals surface area contributed by atoms with E-state index in [0.29, 0.717) is 6.42 Å². The second-order valence-corrected chi connectivity index (χ2v) is 5.27. The second kappa shape index (κ2) is 7.56. The van der Waals surface area contributed by atoms with Gasteiger partial charge in [0.15, 0.2) is 5.79 Å². The van der Waals surface area contributed by atoms with Crippen LogP contribution < -0.4 is 0 Å². The van der Waals surface area contributed by atoms with E-state index in [-0.39, 0.29) is 12.0 Å². The molecule has 1 saturated heterocycles. The number of hydrogen-bond acceptors (Lipinski definition) is 3. The Bertz CT molecular complexity index is 297. The van der Waals surface area contributed by atoms with Crippen molar-refractivity contribution < 1.29 is 9.47 Å². The van der Waals surface area contributed by atoms with Crippen molar-refractivity contribution in [3.8, 4) is 6.07 Å². The van der Waals surface area contributed by atoms with Gasteiger partial charge < -0.3 is 9.47 Å². The van der Waals surface area contributed by atoms with Crippen LogP contribution in [0, 0.1) is 17.2 Å². The molecule has 0 bridgehead atoms. The molecule has 0 amide bonds. The van der Waals surface area contributed by atoms with Crippen molar-refractivity contribution in [3.63, 3.8) is 0 Å². The molecule has 1 heterocycles. The monoisotopic (exact) mass is 251 g/mol. The molecule has 3 nitrogen and oxygen atoms in total. The molecule has 0 saturated carbocycles. The number of nitriles is 1. The Morgan fingerprint density at radius 1 is 1.50 bits per heavy atom. The van der Waals surface area contributed by atoms with E-state index in [9.17, 15) is 0 Å². The predicted molar refractivity (Wildman–Crippen MR) is 71.9 cm³/mol. The minimum atomic E-state index is -0.579. The highest BCUT2D eigenvalue weighted by molar-refractivity contribution is 4.92. The van der Waals surface area contributed by atoms with E-state index in [1.165, 1.54) is 12.8 Å². The third kappa shape index (κ3) is 4.80. The Hall–Kier alpha value is -0.850. The molecule has 0 unspecified atom stereocenters. The van der Waals surface area contributed by atoms with Gasteiger partial charge in [0.05, 0.1) is 18.1 Å². The predicted octanol–water partition coefficient (Wildman–Crippen LogP) is 3.80. The Balaban J connectivity index is 2.35. The Morgan fingerprint density at radius 2 is 2.28 bits per heavy atom. The maximum atomic E-state index is 9.11. The summed E-state index contributed by atoms with van der Waals surface area (Å²) in [6.45, 7) is 5.65. The summed E-state index contributed by atoms with van der Waals surface area (Å²) in [4.78, 5) is 0. The van der Waals surface area contributed by atoms with Crippen molar-refractivity contribution >= 4 is 0 Å². The highest BCUT2D eigenvalue weighted by Gasteiger charge is 2.38. The molecule has 18 heavy (non-hydrogen) atoms. The van der Waals surface area contributed by atoms with E-state index in [4.69, 9.17) is 14.7 Å². The standard InChI is InChI=1S/C15H25NO2/c1-4-5-6-7-8-9-14-10-13(12-16)11-15(2,17-3)18-14/h4,13-14H,1,5-11H2,2-3H3/t13-,14-,15+/m0/s1. The number of methoxy groups -OCH3 is 1. The summed E-state index contributed by atoms with van der Waals surface area (Å²) in [5.41, 5.74) is 0. The van der Waals surface area contributed by atoms with Gasteiger partial charge in [0.1, 0.15) is 0 Å². The van der Waals surface area contributed by atoms with Crippen molar-refractivity contribution in [1.29, 1.82) is 5.26 Å². The van der Waals surface area contributed by atoms with Crippen LogP contribution in [-0.2, 0) is 9.47 Å². The fourth-order valence-corrected chi connectivity index (χ4v) is 2.54. The van der Waals surface area contributed by atoms with Crippen LogP contribution in [0.3, 0.4) is 0 Å². The zero-order chi connectivity index (χ0) is 13.4. The normalized spacial score (nSPS) is 31.8. The van der Waals surface area contributed by atoms with Crippen LogP contribution in [0.25, 0.3) is 0 Å². The molecule has 1 aliphatic heterocycles. The summed E-state index contributed by atoms with van der Waals surface area (Å²) in [5, 5.41) is 9.11. The average Bonchev–Trinajstić information content (AvgIpc) is 2.38. The summed E-state index contributed by atoms with van der Waals surface area (Å²) in [7, 11) is 1.65. The Morgan fingerprint density at radius 3 is 2.89 bits per heavy atom. The lowest BCUT2D eigenvalue weighted by Crippen LogP contribution is -2.43. The van der Waals surface area contributed by atoms with E-state index >= 15 is 0 Å². The number of allylic oxidation sites excluding steroid dienone is 1. The van der Waals surface area contributed by atoms with Gasteiger partial charge in [0.25, 0.3) is 0 Å². The summed E-state index contributed by atoms with van der Waals surface area (Å²) in [6.07, 6.45) is 9.30. The molecule has 1 rings (SSSR count). The maximum Gasteiger partial charge on any atom is 0.166 e. The average molecular weight is 251 g/mol. The number of hydrogen-bond donors (Lipinski definition) is 0. The van der Waals surface area contributed by atoms with Crippen LogP contribution in [0.15, 0.2) is 12.7 Å². The highest BCUT2D eigenvalue weighted by atomic mass is 16.7. The molecular weight excluding hydrogens is 226 g/mol. The smallest absolute Gasteiger partial charge is 0.166 e. The van der Waals surface area contributed by atoms with Crippen molar-refractivity contribution in [2.24, 2.45) is 5.92 Å². The molecule has 0 aromatic rings. The molecule has 0 spiro atoms. The van der Waals surface area contributed by atoms with Crippen molar-refractivity contribution in [2.45, 2.75) is 63.8 Å². The first-order valence-corrected chi connectivity index (χ1v) is 6.87. The molecule has 3 atom stereocenters. The molecular formula is C15H25NO2. The Kier molecular flexibility index (Phi) is 6.38. The summed E-state index contributed by atoms with van der Waals surface area (Å²) in [5.74, 6) is -0.522. The van der Waals surface area contributed by atoms with E-state index in [2.05, 4.69) is 12.6 Å². The molecule has 0 aromatic heterocycles. The lowest BCUT2D eigenvalue weighted by Gasteiger charge is -2.39. The van der Waals surface area contributed by atoms with Gasteiger partial charge in [-0.2, -0.15) is 5.26 Å². The van der Waals surface area contributed by atoms with Gasteiger partial charge in [-0.05, 0) is 32.6 Å². The third-order valence-corrected chi connectivity index (χ3v) is 3.63. The number of rotatable bonds is 7. The lowest BCUT2D eigenvalue weighted by molar-refractivity contribution is -0.264. The van der Waals surface area contributed by atoms with Crippen LogP contribution in [0.5, 0.6) is 0 Å². The SMILES string of the molecule is C=CCCCCC[C@H]1C[C@H](C#N)C[C@](C)(OC)O1. The van der Waals surface area contributed by atoms with Crippen molar-refractivity contribution in [1.82, 2.24) is 0 Å². The van der Waals surface area contributed by atoms with E-state index in [1.807, 2.05) is 13.0 Å². The van der Waals surface area contributed by atoms with Gasteiger partial charge in [-0.1, -0.05) is 18.9 Å². The van der Waals surface area contributed by atoms with Crippen molar-refractivity contribution in [3.05, 3.63) is 12.7 Å². The number of ether oxygens (including phenoxy) is 2. The van der Waals surface area contributed by atoms with Gasteiger partial charge >= 0.3 is 0 Å². The van der Waals surface area contributed by atoms with Gasteiger partial charge in [0.2, 0.25) is 0 Å². The van der Waals surface area contributed by atoms with Crippen LogP contribution >= 0.6 is 0 Å². The Labute approximate surface area is 111 Å². The fraction of sp³-hybridized carbons (Fsp3) is 0.800. The topological polar surface area (TPSA) is 42.2 Å². The van der Waals surface area contributed by atoms with Crippen molar-refractivity contribution in [2.75, 3.05) is 7.11 Å². The second-order valence-electron chi connectivity index (χ2n) is 5.27. The quantitative estimate of drug-likeness (QED) is 0.510. The zero-order valence-corrected chi connectivity index (χ0v) is 11.7. The first-order valence-electron chi connectivity index (χ1n) is 6.87. The maximum absolute atomic E-state index is 9.11. The molecule has 0 aromatic carbocycles. The van der Waals surface area contributed by atoms with Crippen LogP contribution in [0.2, 0.25) is 0 Å². The van der Waals surface area contributed by atoms with Gasteiger partial charge in [-0.25, -0.2) is 0 Å². The molecule has 1 aliphatic rings.